The van der Waals surface area contributed by atoms with Crippen LogP contribution in [0.1, 0.15) is 47.2 Å². The van der Waals surface area contributed by atoms with Gasteiger partial charge >= 0.3 is 0 Å². The van der Waals surface area contributed by atoms with Crippen LogP contribution in [0.3, 0.4) is 0 Å². The standard InChI is InChI=1S/C23H24N4O3/c28-21-6-5-20(22(29)26-21)27-13-17-10-16(3-4-18(17)23(27)30)19-9-15(7-8-25-19)12-24-11-14-1-2-14/h3-4,7-10,14,20,24H,1-2,5-6,11-13H2,(H,26,28,29). The summed E-state index contributed by atoms with van der Waals surface area (Å²) in [5.74, 6) is 0.0193. The summed E-state index contributed by atoms with van der Waals surface area (Å²) in [6, 6.07) is 9.22. The highest BCUT2D eigenvalue weighted by Gasteiger charge is 2.39. The van der Waals surface area contributed by atoms with Crippen molar-refractivity contribution >= 4 is 17.7 Å². The second-order valence-electron chi connectivity index (χ2n) is 8.40. The maximum Gasteiger partial charge on any atom is 0.255 e. The highest BCUT2D eigenvalue weighted by molar-refractivity contribution is 6.05. The molecule has 3 amide bonds. The maximum atomic E-state index is 12.8. The van der Waals surface area contributed by atoms with Gasteiger partial charge in [0, 0.05) is 36.8 Å². The molecule has 3 heterocycles. The lowest BCUT2D eigenvalue weighted by Gasteiger charge is -2.29. The molecule has 5 rings (SSSR count). The molecule has 0 radical (unpaired) electrons. The summed E-state index contributed by atoms with van der Waals surface area (Å²) in [5, 5.41) is 5.84. The molecule has 1 aromatic carbocycles. The van der Waals surface area contributed by atoms with E-state index in [1.165, 1.54) is 18.4 Å². The quantitative estimate of drug-likeness (QED) is 0.719. The number of nitrogens with one attached hydrogen (secondary N) is 2. The number of hydrogen-bond donors (Lipinski definition) is 2. The van der Waals surface area contributed by atoms with Gasteiger partial charge in [-0.15, -0.1) is 0 Å². The summed E-state index contributed by atoms with van der Waals surface area (Å²) >= 11 is 0. The first-order valence-corrected chi connectivity index (χ1v) is 10.5. The molecule has 2 aliphatic heterocycles. The number of carbonyl (C=O) groups is 3. The van der Waals surface area contributed by atoms with Crippen LogP contribution < -0.4 is 10.6 Å². The van der Waals surface area contributed by atoms with E-state index in [2.05, 4.69) is 21.7 Å². The second-order valence-corrected chi connectivity index (χ2v) is 8.40. The van der Waals surface area contributed by atoms with Crippen LogP contribution in [-0.4, -0.2) is 40.2 Å². The number of pyridine rings is 1. The number of amides is 3. The first-order chi connectivity index (χ1) is 14.6. The summed E-state index contributed by atoms with van der Waals surface area (Å²) in [7, 11) is 0. The van der Waals surface area contributed by atoms with Crippen molar-refractivity contribution in [2.75, 3.05) is 6.54 Å². The zero-order valence-corrected chi connectivity index (χ0v) is 16.7. The van der Waals surface area contributed by atoms with Gasteiger partial charge in [0.05, 0.1) is 5.69 Å². The minimum atomic E-state index is -0.593. The SMILES string of the molecule is O=C1CCC(N2Cc3cc(-c4cc(CNCC5CC5)ccn4)ccc3C2=O)C(=O)N1. The molecule has 3 aliphatic rings. The summed E-state index contributed by atoms with van der Waals surface area (Å²) in [6.45, 7) is 2.25. The van der Waals surface area contributed by atoms with Crippen LogP contribution in [0.2, 0.25) is 0 Å². The summed E-state index contributed by atoms with van der Waals surface area (Å²) < 4.78 is 0. The van der Waals surface area contributed by atoms with Gasteiger partial charge in [-0.2, -0.15) is 0 Å². The van der Waals surface area contributed by atoms with E-state index < -0.39 is 6.04 Å². The lowest BCUT2D eigenvalue weighted by atomic mass is 10.0. The number of hydrogen-bond acceptors (Lipinski definition) is 5. The van der Waals surface area contributed by atoms with Crippen molar-refractivity contribution < 1.29 is 14.4 Å². The Morgan fingerprint density at radius 1 is 1.10 bits per heavy atom. The molecule has 154 valence electrons. The fourth-order valence-corrected chi connectivity index (χ4v) is 4.22. The molecular weight excluding hydrogens is 380 g/mol. The summed E-state index contributed by atoms with van der Waals surface area (Å²) in [5.41, 5.74) is 4.51. The van der Waals surface area contributed by atoms with Crippen LogP contribution in [0.15, 0.2) is 36.5 Å². The van der Waals surface area contributed by atoms with Crippen LogP contribution in [0.4, 0.5) is 0 Å². The number of benzene rings is 1. The molecule has 7 heteroatoms. The number of nitrogens with zero attached hydrogens (tertiary/aromatic N) is 2. The third-order valence-electron chi connectivity index (χ3n) is 6.10. The van der Waals surface area contributed by atoms with E-state index in [-0.39, 0.29) is 24.1 Å². The Hall–Kier alpha value is -3.06. The fourth-order valence-electron chi connectivity index (χ4n) is 4.22. The first kappa shape index (κ1) is 18.9. The van der Waals surface area contributed by atoms with Gasteiger partial charge in [0.2, 0.25) is 11.8 Å². The van der Waals surface area contributed by atoms with Crippen LogP contribution >= 0.6 is 0 Å². The molecule has 30 heavy (non-hydrogen) atoms. The maximum absolute atomic E-state index is 12.8. The molecule has 1 saturated heterocycles. The Bertz CT molecular complexity index is 1030. The zero-order chi connectivity index (χ0) is 20.7. The van der Waals surface area contributed by atoms with Crippen molar-refractivity contribution in [1.29, 1.82) is 0 Å². The monoisotopic (exact) mass is 404 g/mol. The fraction of sp³-hybridized carbons (Fsp3) is 0.391. The van der Waals surface area contributed by atoms with Crippen LogP contribution in [0, 0.1) is 5.92 Å². The van der Waals surface area contributed by atoms with Gasteiger partial charge in [-0.3, -0.25) is 24.7 Å². The van der Waals surface area contributed by atoms with Crippen molar-refractivity contribution in [3.8, 4) is 11.3 Å². The summed E-state index contributed by atoms with van der Waals surface area (Å²) in [6.07, 6.45) is 5.11. The van der Waals surface area contributed by atoms with E-state index >= 15 is 0 Å². The van der Waals surface area contributed by atoms with E-state index in [9.17, 15) is 14.4 Å². The lowest BCUT2D eigenvalue weighted by molar-refractivity contribution is -0.136. The Morgan fingerprint density at radius 3 is 2.77 bits per heavy atom. The predicted octanol–water partition coefficient (Wildman–Crippen LogP) is 2.01. The van der Waals surface area contributed by atoms with Gasteiger partial charge in [-0.25, -0.2) is 0 Å². The molecule has 7 nitrogen and oxygen atoms in total. The van der Waals surface area contributed by atoms with Gasteiger partial charge < -0.3 is 10.2 Å². The minimum Gasteiger partial charge on any atom is -0.322 e. The molecule has 0 bridgehead atoms. The Balaban J connectivity index is 1.33. The van der Waals surface area contributed by atoms with E-state index in [0.717, 1.165) is 35.8 Å². The molecule has 1 aromatic heterocycles. The molecule has 1 unspecified atom stereocenters. The first-order valence-electron chi connectivity index (χ1n) is 10.5. The van der Waals surface area contributed by atoms with Crippen LogP contribution in [0.25, 0.3) is 11.3 Å². The number of fused-ring (bicyclic) bond motifs is 1. The predicted molar refractivity (Wildman–Crippen MR) is 110 cm³/mol. The normalized spacial score (nSPS) is 21.0. The number of piperidine rings is 1. The van der Waals surface area contributed by atoms with Gasteiger partial charge in [0.25, 0.3) is 5.91 Å². The lowest BCUT2D eigenvalue weighted by Crippen LogP contribution is -2.52. The van der Waals surface area contributed by atoms with Crippen molar-refractivity contribution in [3.63, 3.8) is 0 Å². The Labute approximate surface area is 174 Å². The topological polar surface area (TPSA) is 91.4 Å². The summed E-state index contributed by atoms with van der Waals surface area (Å²) in [4.78, 5) is 42.5. The molecular formula is C23H24N4O3. The molecule has 2 N–H and O–H groups in total. The zero-order valence-electron chi connectivity index (χ0n) is 16.7. The average molecular weight is 404 g/mol. The van der Waals surface area contributed by atoms with Gasteiger partial charge in [0.1, 0.15) is 6.04 Å². The van der Waals surface area contributed by atoms with Gasteiger partial charge in [0.15, 0.2) is 0 Å². The average Bonchev–Trinajstić information content (AvgIpc) is 3.51. The van der Waals surface area contributed by atoms with Crippen molar-refractivity contribution in [2.45, 2.75) is 44.8 Å². The minimum absolute atomic E-state index is 0.156. The van der Waals surface area contributed by atoms with E-state index in [0.29, 0.717) is 18.5 Å². The second kappa shape index (κ2) is 7.65. The molecule has 1 atom stereocenters. The third kappa shape index (κ3) is 3.73. The van der Waals surface area contributed by atoms with Crippen molar-refractivity contribution in [3.05, 3.63) is 53.2 Å². The number of carbonyl (C=O) groups excluding carboxylic acids is 3. The Kier molecular flexibility index (Phi) is 4.83. The molecule has 1 aliphatic carbocycles. The van der Waals surface area contributed by atoms with Crippen molar-refractivity contribution in [2.24, 2.45) is 5.92 Å². The van der Waals surface area contributed by atoms with Crippen LogP contribution in [-0.2, 0) is 22.7 Å². The van der Waals surface area contributed by atoms with E-state index in [1.54, 1.807) is 4.90 Å². The molecule has 2 fully saturated rings. The smallest absolute Gasteiger partial charge is 0.255 e. The van der Waals surface area contributed by atoms with Gasteiger partial charge in [-0.05, 0) is 67.1 Å². The van der Waals surface area contributed by atoms with E-state index in [4.69, 9.17) is 0 Å². The highest BCUT2D eigenvalue weighted by atomic mass is 16.2. The molecule has 0 spiro atoms. The highest BCUT2D eigenvalue weighted by Crippen LogP contribution is 2.31. The van der Waals surface area contributed by atoms with Crippen molar-refractivity contribution in [1.82, 2.24) is 20.5 Å². The number of rotatable bonds is 6. The molecule has 1 saturated carbocycles. The van der Waals surface area contributed by atoms with E-state index in [1.807, 2.05) is 30.5 Å². The van der Waals surface area contributed by atoms with Gasteiger partial charge in [-0.1, -0.05) is 6.07 Å². The Morgan fingerprint density at radius 2 is 1.97 bits per heavy atom. The molecule has 2 aromatic rings. The number of aromatic nitrogens is 1. The number of imide groups is 1. The van der Waals surface area contributed by atoms with Crippen LogP contribution in [0.5, 0.6) is 0 Å². The third-order valence-corrected chi connectivity index (χ3v) is 6.10. The largest absolute Gasteiger partial charge is 0.322 e.